The second-order valence-corrected chi connectivity index (χ2v) is 9.32. The van der Waals surface area contributed by atoms with Gasteiger partial charge in [0.25, 0.3) is 5.91 Å². The molecule has 0 spiro atoms. The first-order valence-corrected chi connectivity index (χ1v) is 12.4. The van der Waals surface area contributed by atoms with Gasteiger partial charge in [-0.15, -0.1) is 6.42 Å². The molecule has 1 amide bonds. The summed E-state index contributed by atoms with van der Waals surface area (Å²) in [6.07, 6.45) is 7.07. The van der Waals surface area contributed by atoms with Gasteiger partial charge in [0, 0.05) is 60.3 Å². The van der Waals surface area contributed by atoms with Crippen LogP contribution in [0.5, 0.6) is 0 Å². The summed E-state index contributed by atoms with van der Waals surface area (Å²) in [6, 6.07) is 19.9. The van der Waals surface area contributed by atoms with Crippen LogP contribution >= 0.6 is 0 Å². The molecule has 1 fully saturated rings. The number of carbonyl (C=O) groups excluding carboxylic acids is 1. The van der Waals surface area contributed by atoms with Crippen molar-refractivity contribution in [2.24, 2.45) is 0 Å². The number of nitrogens with one attached hydrogen (secondary N) is 2. The highest BCUT2D eigenvalue weighted by molar-refractivity contribution is 5.97. The van der Waals surface area contributed by atoms with Crippen LogP contribution in [-0.2, 0) is 0 Å². The van der Waals surface area contributed by atoms with Crippen LogP contribution < -0.4 is 15.5 Å². The fraction of sp³-hybridized carbons (Fsp3) is 0.233. The minimum Gasteiger partial charge on any atom is -0.369 e. The maximum Gasteiger partial charge on any atom is 0.252 e. The lowest BCUT2D eigenvalue weighted by Crippen LogP contribution is -2.44. The first-order valence-electron chi connectivity index (χ1n) is 12.4. The summed E-state index contributed by atoms with van der Waals surface area (Å²) in [5.74, 6) is 2.76. The van der Waals surface area contributed by atoms with Crippen molar-refractivity contribution < 1.29 is 4.79 Å². The van der Waals surface area contributed by atoms with Gasteiger partial charge in [-0.05, 0) is 55.4 Å². The van der Waals surface area contributed by atoms with Gasteiger partial charge in [-0.25, -0.2) is 9.97 Å². The van der Waals surface area contributed by atoms with Crippen LogP contribution in [0, 0.1) is 19.3 Å². The number of likely N-dealkylation sites (N-methyl/N-ethyl adjacent to an activating group) is 1. The zero-order valence-corrected chi connectivity index (χ0v) is 21.2. The lowest BCUT2D eigenvalue weighted by Gasteiger charge is -2.35. The van der Waals surface area contributed by atoms with Crippen molar-refractivity contribution in [3.8, 4) is 23.5 Å². The largest absolute Gasteiger partial charge is 0.369 e. The molecule has 2 heterocycles. The van der Waals surface area contributed by atoms with Gasteiger partial charge >= 0.3 is 0 Å². The Hall–Kier alpha value is -4.41. The Morgan fingerprint density at radius 3 is 2.57 bits per heavy atom. The number of terminal acetylenes is 1. The van der Waals surface area contributed by atoms with Crippen molar-refractivity contribution in [3.63, 3.8) is 0 Å². The fourth-order valence-corrected chi connectivity index (χ4v) is 4.65. The van der Waals surface area contributed by atoms with E-state index in [1.165, 1.54) is 11.3 Å². The molecule has 0 atom stereocenters. The number of benzene rings is 3. The Morgan fingerprint density at radius 1 is 1.05 bits per heavy atom. The van der Waals surface area contributed by atoms with Crippen LogP contribution in [0.4, 0.5) is 17.3 Å². The molecule has 0 unspecified atom stereocenters. The number of aryl methyl sites for hydroxylation is 1. The van der Waals surface area contributed by atoms with Gasteiger partial charge in [0.05, 0.1) is 12.1 Å². The second kappa shape index (κ2) is 10.7. The molecule has 2 N–H and O–H groups in total. The Bertz CT molecular complexity index is 1470. The Morgan fingerprint density at radius 2 is 1.84 bits per heavy atom. The lowest BCUT2D eigenvalue weighted by molar-refractivity contribution is 0.0958. The third-order valence-electron chi connectivity index (χ3n) is 6.72. The molecular formula is C30H30N6O. The van der Waals surface area contributed by atoms with Gasteiger partial charge in [-0.1, -0.05) is 36.3 Å². The summed E-state index contributed by atoms with van der Waals surface area (Å²) in [5.41, 5.74) is 6.80. The number of rotatable bonds is 6. The Kier molecular flexibility index (Phi) is 7.02. The zero-order valence-electron chi connectivity index (χ0n) is 21.2. The summed E-state index contributed by atoms with van der Waals surface area (Å²) in [6.45, 7) is 6.58. The molecule has 3 aromatic carbocycles. The monoisotopic (exact) mass is 490 g/mol. The van der Waals surface area contributed by atoms with Crippen molar-refractivity contribution in [2.75, 3.05) is 50.0 Å². The summed E-state index contributed by atoms with van der Waals surface area (Å²) in [5, 5.41) is 7.01. The molecule has 1 saturated heterocycles. The van der Waals surface area contributed by atoms with Crippen LogP contribution in [0.15, 0.2) is 66.9 Å². The van der Waals surface area contributed by atoms with E-state index in [0.29, 0.717) is 11.5 Å². The smallest absolute Gasteiger partial charge is 0.252 e. The van der Waals surface area contributed by atoms with Gasteiger partial charge in [-0.2, -0.15) is 0 Å². The number of hydrogen-bond donors (Lipinski definition) is 2. The highest BCUT2D eigenvalue weighted by atomic mass is 16.1. The maximum absolute atomic E-state index is 12.2. The Balaban J connectivity index is 1.38. The van der Waals surface area contributed by atoms with Gasteiger partial charge in [-0.3, -0.25) is 4.79 Å². The van der Waals surface area contributed by atoms with Crippen LogP contribution in [0.3, 0.4) is 0 Å². The number of hydrogen-bond acceptors (Lipinski definition) is 6. The van der Waals surface area contributed by atoms with E-state index in [1.54, 1.807) is 12.1 Å². The summed E-state index contributed by atoms with van der Waals surface area (Å²) >= 11 is 0. The average molecular weight is 491 g/mol. The molecule has 5 rings (SSSR count). The van der Waals surface area contributed by atoms with Crippen LogP contribution in [-0.4, -0.2) is 60.5 Å². The SMILES string of the molecule is C#CCNC(=O)c1ccc(-c2cccc3cnc(Nc4ccc(N5CCN(C)CC5)c(C)c4)nc23)cc1. The number of nitrogens with zero attached hydrogens (tertiary/aromatic N) is 4. The molecule has 0 bridgehead atoms. The predicted octanol–water partition coefficient (Wildman–Crippen LogP) is 4.46. The average Bonchev–Trinajstić information content (AvgIpc) is 2.92. The van der Waals surface area contributed by atoms with Crippen molar-refractivity contribution in [3.05, 3.63) is 78.0 Å². The molecule has 37 heavy (non-hydrogen) atoms. The number of para-hydroxylation sites is 1. The van der Waals surface area contributed by atoms with Crippen LogP contribution in [0.1, 0.15) is 15.9 Å². The first kappa shape index (κ1) is 24.3. The molecule has 0 saturated carbocycles. The van der Waals surface area contributed by atoms with E-state index in [4.69, 9.17) is 11.4 Å². The number of amides is 1. The molecule has 1 aromatic heterocycles. The third-order valence-corrected chi connectivity index (χ3v) is 6.72. The van der Waals surface area contributed by atoms with Gasteiger partial charge in [0.2, 0.25) is 5.95 Å². The van der Waals surface area contributed by atoms with Crippen LogP contribution in [0.2, 0.25) is 0 Å². The van der Waals surface area contributed by atoms with E-state index in [-0.39, 0.29) is 12.5 Å². The summed E-state index contributed by atoms with van der Waals surface area (Å²) in [4.78, 5) is 26.4. The normalized spacial score (nSPS) is 13.8. The van der Waals surface area contributed by atoms with E-state index >= 15 is 0 Å². The summed E-state index contributed by atoms with van der Waals surface area (Å²) in [7, 11) is 2.17. The van der Waals surface area contributed by atoms with Crippen molar-refractivity contribution in [1.82, 2.24) is 20.2 Å². The van der Waals surface area contributed by atoms with E-state index in [1.807, 2.05) is 36.5 Å². The van der Waals surface area contributed by atoms with Gasteiger partial charge in [0.1, 0.15) is 0 Å². The van der Waals surface area contributed by atoms with Crippen LogP contribution in [0.25, 0.3) is 22.0 Å². The lowest BCUT2D eigenvalue weighted by atomic mass is 10.0. The van der Waals surface area contributed by atoms with E-state index in [0.717, 1.165) is 53.9 Å². The molecule has 186 valence electrons. The predicted molar refractivity (Wildman–Crippen MR) is 150 cm³/mol. The number of anilines is 3. The quantitative estimate of drug-likeness (QED) is 0.389. The molecule has 7 nitrogen and oxygen atoms in total. The maximum atomic E-state index is 12.2. The summed E-state index contributed by atoms with van der Waals surface area (Å²) < 4.78 is 0. The zero-order chi connectivity index (χ0) is 25.8. The topological polar surface area (TPSA) is 73.4 Å². The van der Waals surface area contributed by atoms with Gasteiger partial charge < -0.3 is 20.4 Å². The van der Waals surface area contributed by atoms with Crippen molar-refractivity contribution in [2.45, 2.75) is 6.92 Å². The third kappa shape index (κ3) is 5.40. The standard InChI is InChI=1S/C30H30N6O/c1-4-14-31-29(37)23-10-8-22(9-11-23)26-7-5-6-24-20-32-30(34-28(24)26)33-25-12-13-27(21(2)19-25)36-17-15-35(3)16-18-36/h1,5-13,19-20H,14-18H2,2-3H3,(H,31,37)(H,32,33,34). The number of aromatic nitrogens is 2. The molecule has 7 heteroatoms. The molecular weight excluding hydrogens is 460 g/mol. The molecule has 0 radical (unpaired) electrons. The first-order chi connectivity index (χ1) is 18.0. The molecule has 1 aliphatic heterocycles. The van der Waals surface area contributed by atoms with Crippen molar-refractivity contribution in [1.29, 1.82) is 0 Å². The van der Waals surface area contributed by atoms with Gasteiger partial charge in [0.15, 0.2) is 0 Å². The number of piperazine rings is 1. The highest BCUT2D eigenvalue weighted by Crippen LogP contribution is 2.30. The van der Waals surface area contributed by atoms with Crippen molar-refractivity contribution >= 4 is 34.1 Å². The van der Waals surface area contributed by atoms with E-state index < -0.39 is 0 Å². The minimum absolute atomic E-state index is 0.190. The number of fused-ring (bicyclic) bond motifs is 1. The highest BCUT2D eigenvalue weighted by Gasteiger charge is 2.16. The number of carbonyl (C=O) groups is 1. The molecule has 1 aliphatic rings. The second-order valence-electron chi connectivity index (χ2n) is 9.32. The fourth-order valence-electron chi connectivity index (χ4n) is 4.65. The Labute approximate surface area is 217 Å². The van der Waals surface area contributed by atoms with E-state index in [2.05, 4.69) is 63.5 Å². The molecule has 0 aliphatic carbocycles. The van der Waals surface area contributed by atoms with E-state index in [9.17, 15) is 4.79 Å². The minimum atomic E-state index is -0.190. The molecule has 4 aromatic rings.